The van der Waals surface area contributed by atoms with Crippen LogP contribution in [0.25, 0.3) is 0 Å². The van der Waals surface area contributed by atoms with E-state index in [1.54, 1.807) is 50.5 Å². The monoisotopic (exact) mass is 425 g/mol. The van der Waals surface area contributed by atoms with Gasteiger partial charge in [-0.05, 0) is 49.2 Å². The van der Waals surface area contributed by atoms with Crippen LogP contribution in [0.2, 0.25) is 0 Å². The fourth-order valence-corrected chi connectivity index (χ4v) is 3.56. The van der Waals surface area contributed by atoms with Gasteiger partial charge in [-0.3, -0.25) is 14.6 Å². The lowest BCUT2D eigenvalue weighted by Gasteiger charge is -2.34. The molecule has 31 heavy (non-hydrogen) atoms. The summed E-state index contributed by atoms with van der Waals surface area (Å²) in [5, 5.41) is 2.76. The maximum absolute atomic E-state index is 13.4. The molecule has 1 aromatic carbocycles. The summed E-state index contributed by atoms with van der Waals surface area (Å²) in [5.74, 6) is -2.17. The molecule has 1 aliphatic rings. The molecule has 7 nitrogen and oxygen atoms in total. The van der Waals surface area contributed by atoms with E-state index in [1.165, 1.54) is 17.0 Å². The standard InChI is InChI=1S/C23H24FN3O4/c1-3-31-23(30)22-15(2)27(14-20(28)26-13-16-8-10-25-11-9-16)21(29)12-19(22)17-4-6-18(24)7-5-17/h4-11,19H,3,12-14H2,1-2H3,(H,26,28). The molecule has 0 bridgehead atoms. The molecule has 3 rings (SSSR count). The number of esters is 1. The van der Waals surface area contributed by atoms with Crippen LogP contribution in [0.4, 0.5) is 4.39 Å². The first-order chi connectivity index (χ1) is 14.9. The van der Waals surface area contributed by atoms with Crippen molar-refractivity contribution in [3.05, 3.63) is 77.0 Å². The van der Waals surface area contributed by atoms with E-state index in [1.807, 2.05) is 0 Å². The maximum Gasteiger partial charge on any atom is 0.336 e. The molecule has 1 aliphatic heterocycles. The van der Waals surface area contributed by atoms with Gasteiger partial charge in [-0.2, -0.15) is 0 Å². The van der Waals surface area contributed by atoms with Crippen molar-refractivity contribution in [3.63, 3.8) is 0 Å². The lowest BCUT2D eigenvalue weighted by atomic mass is 9.83. The van der Waals surface area contributed by atoms with Gasteiger partial charge in [-0.15, -0.1) is 0 Å². The number of hydrogen-bond donors (Lipinski definition) is 1. The second kappa shape index (κ2) is 9.97. The highest BCUT2D eigenvalue weighted by molar-refractivity contribution is 5.97. The quantitative estimate of drug-likeness (QED) is 0.689. The fourth-order valence-electron chi connectivity index (χ4n) is 3.56. The molecule has 0 spiro atoms. The second-order valence-electron chi connectivity index (χ2n) is 7.14. The van der Waals surface area contributed by atoms with Crippen molar-refractivity contribution in [2.24, 2.45) is 0 Å². The highest BCUT2D eigenvalue weighted by Crippen LogP contribution is 2.37. The first kappa shape index (κ1) is 22.1. The van der Waals surface area contributed by atoms with Crippen molar-refractivity contribution in [1.82, 2.24) is 15.2 Å². The fraction of sp³-hybridized carbons (Fsp3) is 0.304. The predicted octanol–water partition coefficient (Wildman–Crippen LogP) is 2.69. The van der Waals surface area contributed by atoms with Crippen LogP contribution in [-0.2, 0) is 25.7 Å². The SMILES string of the molecule is CCOC(=O)C1=C(C)N(CC(=O)NCc2ccncc2)C(=O)CC1c1ccc(F)cc1. The Labute approximate surface area is 179 Å². The molecule has 2 aromatic rings. The molecule has 0 radical (unpaired) electrons. The molecule has 162 valence electrons. The van der Waals surface area contributed by atoms with Gasteiger partial charge in [-0.25, -0.2) is 9.18 Å². The lowest BCUT2D eigenvalue weighted by Crippen LogP contribution is -2.44. The number of amides is 2. The number of pyridine rings is 1. The zero-order valence-corrected chi connectivity index (χ0v) is 17.4. The van der Waals surface area contributed by atoms with Gasteiger partial charge in [0.25, 0.3) is 0 Å². The van der Waals surface area contributed by atoms with Crippen molar-refractivity contribution < 1.29 is 23.5 Å². The summed E-state index contributed by atoms with van der Waals surface area (Å²) in [6, 6.07) is 9.24. The molecular formula is C23H24FN3O4. The average Bonchev–Trinajstić information content (AvgIpc) is 2.76. The summed E-state index contributed by atoms with van der Waals surface area (Å²) < 4.78 is 18.6. The number of rotatable bonds is 7. The summed E-state index contributed by atoms with van der Waals surface area (Å²) in [5.41, 5.74) is 2.18. The number of allylic oxidation sites excluding steroid dienone is 1. The number of ether oxygens (including phenoxy) is 1. The van der Waals surface area contributed by atoms with Gasteiger partial charge in [0, 0.05) is 37.0 Å². The topological polar surface area (TPSA) is 88.6 Å². The van der Waals surface area contributed by atoms with Crippen molar-refractivity contribution >= 4 is 17.8 Å². The Morgan fingerprint density at radius 3 is 2.52 bits per heavy atom. The third-order valence-corrected chi connectivity index (χ3v) is 5.13. The third-order valence-electron chi connectivity index (χ3n) is 5.13. The molecule has 0 saturated heterocycles. The normalized spacial score (nSPS) is 16.3. The summed E-state index contributed by atoms with van der Waals surface area (Å²) in [4.78, 5) is 43.3. The van der Waals surface area contributed by atoms with Crippen molar-refractivity contribution in [2.45, 2.75) is 32.7 Å². The van der Waals surface area contributed by atoms with Crippen LogP contribution in [0, 0.1) is 5.82 Å². The predicted molar refractivity (Wildman–Crippen MR) is 111 cm³/mol. The van der Waals surface area contributed by atoms with Gasteiger partial charge in [0.05, 0.1) is 12.2 Å². The Kier molecular flexibility index (Phi) is 7.12. The highest BCUT2D eigenvalue weighted by Gasteiger charge is 2.37. The molecule has 2 heterocycles. The van der Waals surface area contributed by atoms with Crippen LogP contribution in [0.1, 0.15) is 37.3 Å². The second-order valence-corrected chi connectivity index (χ2v) is 7.14. The van der Waals surface area contributed by atoms with Crippen LogP contribution < -0.4 is 5.32 Å². The lowest BCUT2D eigenvalue weighted by molar-refractivity contribution is -0.141. The number of benzene rings is 1. The molecule has 2 amide bonds. The van der Waals surface area contributed by atoms with E-state index in [0.717, 1.165) is 5.56 Å². The molecule has 1 N–H and O–H groups in total. The Balaban J connectivity index is 1.83. The Morgan fingerprint density at radius 2 is 1.87 bits per heavy atom. The summed E-state index contributed by atoms with van der Waals surface area (Å²) in [6.07, 6.45) is 3.24. The number of carbonyl (C=O) groups excluding carboxylic acids is 3. The van der Waals surface area contributed by atoms with Gasteiger partial charge < -0.3 is 15.0 Å². The van der Waals surface area contributed by atoms with E-state index in [-0.39, 0.29) is 31.4 Å². The largest absolute Gasteiger partial charge is 0.463 e. The molecule has 8 heteroatoms. The van der Waals surface area contributed by atoms with Gasteiger partial charge in [0.2, 0.25) is 11.8 Å². The smallest absolute Gasteiger partial charge is 0.336 e. The number of hydrogen-bond acceptors (Lipinski definition) is 5. The number of nitrogens with one attached hydrogen (secondary N) is 1. The first-order valence-corrected chi connectivity index (χ1v) is 10.00. The van der Waals surface area contributed by atoms with Crippen LogP contribution in [-0.4, -0.2) is 40.8 Å². The minimum atomic E-state index is -0.566. The van der Waals surface area contributed by atoms with Crippen LogP contribution >= 0.6 is 0 Å². The molecule has 1 aromatic heterocycles. The van der Waals surface area contributed by atoms with E-state index < -0.39 is 17.7 Å². The minimum absolute atomic E-state index is 0.0191. The van der Waals surface area contributed by atoms with Crippen molar-refractivity contribution in [2.75, 3.05) is 13.2 Å². The third kappa shape index (κ3) is 5.33. The first-order valence-electron chi connectivity index (χ1n) is 10.00. The Morgan fingerprint density at radius 1 is 1.19 bits per heavy atom. The van der Waals surface area contributed by atoms with Gasteiger partial charge >= 0.3 is 5.97 Å². The summed E-state index contributed by atoms with van der Waals surface area (Å²) in [6.45, 7) is 3.57. The number of nitrogens with zero attached hydrogens (tertiary/aromatic N) is 2. The molecule has 0 saturated carbocycles. The molecule has 0 aliphatic carbocycles. The maximum atomic E-state index is 13.4. The zero-order valence-electron chi connectivity index (χ0n) is 17.4. The number of carbonyl (C=O) groups is 3. The van der Waals surface area contributed by atoms with Gasteiger partial charge in [0.15, 0.2) is 0 Å². The summed E-state index contributed by atoms with van der Waals surface area (Å²) >= 11 is 0. The molecule has 0 fully saturated rings. The Hall–Kier alpha value is -3.55. The molecular weight excluding hydrogens is 401 g/mol. The molecule has 1 unspecified atom stereocenters. The summed E-state index contributed by atoms with van der Waals surface area (Å²) in [7, 11) is 0. The van der Waals surface area contributed by atoms with E-state index in [4.69, 9.17) is 4.74 Å². The number of aromatic nitrogens is 1. The minimum Gasteiger partial charge on any atom is -0.463 e. The van der Waals surface area contributed by atoms with E-state index in [0.29, 0.717) is 23.4 Å². The van der Waals surface area contributed by atoms with E-state index in [2.05, 4.69) is 10.3 Å². The Bertz CT molecular complexity index is 990. The van der Waals surface area contributed by atoms with Crippen LogP contribution in [0.5, 0.6) is 0 Å². The molecule has 1 atom stereocenters. The van der Waals surface area contributed by atoms with Crippen LogP contribution in [0.15, 0.2) is 60.1 Å². The van der Waals surface area contributed by atoms with E-state index >= 15 is 0 Å². The highest BCUT2D eigenvalue weighted by atomic mass is 19.1. The van der Waals surface area contributed by atoms with E-state index in [9.17, 15) is 18.8 Å². The number of halogens is 1. The van der Waals surface area contributed by atoms with Crippen LogP contribution in [0.3, 0.4) is 0 Å². The average molecular weight is 425 g/mol. The van der Waals surface area contributed by atoms with Crippen molar-refractivity contribution in [3.8, 4) is 0 Å². The van der Waals surface area contributed by atoms with Crippen molar-refractivity contribution in [1.29, 1.82) is 0 Å². The van der Waals surface area contributed by atoms with Gasteiger partial charge in [-0.1, -0.05) is 12.1 Å². The zero-order chi connectivity index (χ0) is 22.4. The van der Waals surface area contributed by atoms with Gasteiger partial charge in [0.1, 0.15) is 12.4 Å².